The average Bonchev–Trinajstić information content (AvgIpc) is 3.16. The Morgan fingerprint density at radius 3 is 2.56 bits per heavy atom. The molecule has 132 valence electrons. The molecule has 1 saturated heterocycles. The first kappa shape index (κ1) is 16.2. The zero-order valence-electron chi connectivity index (χ0n) is 15.2. The van der Waals surface area contributed by atoms with Gasteiger partial charge in [0.25, 0.3) is 0 Å². The summed E-state index contributed by atoms with van der Waals surface area (Å²) in [5.74, 6) is 2.10. The summed E-state index contributed by atoms with van der Waals surface area (Å²) in [5.41, 5.74) is 1.78. The number of carbonyl (C=O) groups is 1. The molecule has 1 atom stereocenters. The second kappa shape index (κ2) is 5.90. The normalized spacial score (nSPS) is 21.4. The summed E-state index contributed by atoms with van der Waals surface area (Å²) in [6, 6.07) is 8.08. The van der Waals surface area contributed by atoms with Gasteiger partial charge in [0.05, 0.1) is 24.3 Å². The smallest absolute Gasteiger partial charge is 0.233 e. The zero-order chi connectivity index (χ0) is 17.6. The SMILES string of the molecule is COc1ccc(C2(C(=O)N3CCC[C@@H]3c3nc(C)cn3C)CC2)cc1. The minimum Gasteiger partial charge on any atom is -0.497 e. The van der Waals surface area contributed by atoms with Crippen LogP contribution in [0.1, 0.15) is 48.8 Å². The van der Waals surface area contributed by atoms with Gasteiger partial charge >= 0.3 is 0 Å². The van der Waals surface area contributed by atoms with E-state index in [-0.39, 0.29) is 17.4 Å². The maximum absolute atomic E-state index is 13.4. The number of likely N-dealkylation sites (tertiary alicyclic amines) is 1. The van der Waals surface area contributed by atoms with Gasteiger partial charge in [0.1, 0.15) is 11.6 Å². The number of imidazole rings is 1. The Bertz CT molecular complexity index is 790. The molecule has 1 aromatic heterocycles. The summed E-state index contributed by atoms with van der Waals surface area (Å²) >= 11 is 0. The number of benzene rings is 1. The van der Waals surface area contributed by atoms with E-state index in [4.69, 9.17) is 4.74 Å². The quantitative estimate of drug-likeness (QED) is 0.860. The molecule has 5 nitrogen and oxygen atoms in total. The summed E-state index contributed by atoms with van der Waals surface area (Å²) in [4.78, 5) is 20.2. The minimum absolute atomic E-state index is 0.0990. The number of hydrogen-bond donors (Lipinski definition) is 0. The largest absolute Gasteiger partial charge is 0.497 e. The highest BCUT2D eigenvalue weighted by molar-refractivity contribution is 5.91. The molecular weight excluding hydrogens is 314 g/mol. The number of carbonyl (C=O) groups excluding carboxylic acids is 1. The van der Waals surface area contributed by atoms with Crippen molar-refractivity contribution < 1.29 is 9.53 Å². The third-order valence-electron chi connectivity index (χ3n) is 5.65. The third kappa shape index (κ3) is 2.62. The number of rotatable bonds is 4. The lowest BCUT2D eigenvalue weighted by Crippen LogP contribution is -2.39. The van der Waals surface area contributed by atoms with E-state index in [0.29, 0.717) is 0 Å². The first-order chi connectivity index (χ1) is 12.0. The van der Waals surface area contributed by atoms with Crippen LogP contribution in [0.4, 0.5) is 0 Å². The Kier molecular flexibility index (Phi) is 3.82. The van der Waals surface area contributed by atoms with Gasteiger partial charge in [-0.2, -0.15) is 0 Å². The van der Waals surface area contributed by atoms with Crippen LogP contribution in [0.2, 0.25) is 0 Å². The van der Waals surface area contributed by atoms with E-state index in [1.165, 1.54) is 0 Å². The maximum Gasteiger partial charge on any atom is 0.233 e. The highest BCUT2D eigenvalue weighted by Crippen LogP contribution is 2.51. The van der Waals surface area contributed by atoms with Crippen LogP contribution < -0.4 is 4.74 Å². The number of hydrogen-bond acceptors (Lipinski definition) is 3. The number of methoxy groups -OCH3 is 1. The molecule has 0 unspecified atom stereocenters. The predicted molar refractivity (Wildman–Crippen MR) is 95.5 cm³/mol. The van der Waals surface area contributed by atoms with Crippen LogP contribution in [0.5, 0.6) is 5.75 Å². The first-order valence-corrected chi connectivity index (χ1v) is 9.00. The summed E-state index contributed by atoms with van der Waals surface area (Å²) in [7, 11) is 3.68. The molecule has 2 aromatic rings. The van der Waals surface area contributed by atoms with Crippen molar-refractivity contribution in [2.75, 3.05) is 13.7 Å². The predicted octanol–water partition coefficient (Wildman–Crippen LogP) is 3.13. The molecule has 0 N–H and O–H groups in total. The molecule has 4 rings (SSSR count). The summed E-state index contributed by atoms with van der Waals surface area (Å²) in [5, 5.41) is 0. The number of aromatic nitrogens is 2. The summed E-state index contributed by atoms with van der Waals surface area (Å²) < 4.78 is 7.31. The molecule has 1 amide bonds. The topological polar surface area (TPSA) is 47.4 Å². The third-order valence-corrected chi connectivity index (χ3v) is 5.65. The molecule has 1 aliphatic heterocycles. The van der Waals surface area contributed by atoms with E-state index < -0.39 is 0 Å². The van der Waals surface area contributed by atoms with Gasteiger partial charge in [-0.1, -0.05) is 12.1 Å². The monoisotopic (exact) mass is 339 g/mol. The van der Waals surface area contributed by atoms with Crippen molar-refractivity contribution in [3.8, 4) is 5.75 Å². The maximum atomic E-state index is 13.4. The van der Waals surface area contributed by atoms with Crippen LogP contribution in [0.25, 0.3) is 0 Å². The van der Waals surface area contributed by atoms with Crippen LogP contribution in [-0.2, 0) is 17.3 Å². The van der Waals surface area contributed by atoms with Gasteiger partial charge in [0, 0.05) is 19.8 Å². The van der Waals surface area contributed by atoms with Crippen LogP contribution >= 0.6 is 0 Å². The van der Waals surface area contributed by atoms with Gasteiger partial charge in [0.2, 0.25) is 5.91 Å². The van der Waals surface area contributed by atoms with Crippen molar-refractivity contribution in [3.05, 3.63) is 47.5 Å². The number of aryl methyl sites for hydroxylation is 2. The Labute approximate surface area is 148 Å². The van der Waals surface area contributed by atoms with Crippen molar-refractivity contribution in [2.24, 2.45) is 7.05 Å². The van der Waals surface area contributed by atoms with Crippen LogP contribution in [-0.4, -0.2) is 34.0 Å². The molecule has 1 saturated carbocycles. The lowest BCUT2D eigenvalue weighted by molar-refractivity contribution is -0.135. The van der Waals surface area contributed by atoms with Gasteiger partial charge in [-0.3, -0.25) is 4.79 Å². The van der Waals surface area contributed by atoms with E-state index in [1.807, 2.05) is 44.4 Å². The van der Waals surface area contributed by atoms with Gasteiger partial charge in [-0.05, 0) is 50.3 Å². The Morgan fingerprint density at radius 1 is 1.28 bits per heavy atom. The van der Waals surface area contributed by atoms with E-state index in [1.54, 1.807) is 7.11 Å². The molecule has 25 heavy (non-hydrogen) atoms. The van der Waals surface area contributed by atoms with E-state index in [2.05, 4.69) is 14.5 Å². The minimum atomic E-state index is -0.338. The van der Waals surface area contributed by atoms with Crippen LogP contribution in [0, 0.1) is 6.92 Å². The summed E-state index contributed by atoms with van der Waals surface area (Å²) in [6.45, 7) is 2.83. The lowest BCUT2D eigenvalue weighted by Gasteiger charge is -2.29. The van der Waals surface area contributed by atoms with Crippen LogP contribution in [0.15, 0.2) is 30.5 Å². The van der Waals surface area contributed by atoms with E-state index in [9.17, 15) is 4.79 Å². The molecule has 2 fully saturated rings. The van der Waals surface area contributed by atoms with E-state index >= 15 is 0 Å². The molecule has 0 spiro atoms. The molecule has 5 heteroatoms. The van der Waals surface area contributed by atoms with Gasteiger partial charge in [-0.25, -0.2) is 4.98 Å². The first-order valence-electron chi connectivity index (χ1n) is 9.00. The number of amides is 1. The van der Waals surface area contributed by atoms with Gasteiger partial charge in [0.15, 0.2) is 0 Å². The average molecular weight is 339 g/mol. The standard InChI is InChI=1S/C20H25N3O2/c1-14-13-22(2)18(21-14)17-5-4-12-23(17)19(24)20(10-11-20)15-6-8-16(25-3)9-7-15/h6-9,13,17H,4-5,10-12H2,1-3H3/t17-/m1/s1. The molecule has 0 radical (unpaired) electrons. The zero-order valence-corrected chi connectivity index (χ0v) is 15.2. The molecular formula is C20H25N3O2. The van der Waals surface area contributed by atoms with Crippen molar-refractivity contribution in [3.63, 3.8) is 0 Å². The summed E-state index contributed by atoms with van der Waals surface area (Å²) in [6.07, 6.45) is 5.93. The van der Waals surface area contributed by atoms with Crippen molar-refractivity contribution >= 4 is 5.91 Å². The van der Waals surface area contributed by atoms with E-state index in [0.717, 1.165) is 55.1 Å². The Hall–Kier alpha value is -2.30. The highest BCUT2D eigenvalue weighted by atomic mass is 16.5. The van der Waals surface area contributed by atoms with Crippen molar-refractivity contribution in [1.82, 2.24) is 14.5 Å². The number of nitrogens with zero attached hydrogens (tertiary/aromatic N) is 3. The Morgan fingerprint density at radius 2 is 2.00 bits per heavy atom. The molecule has 1 aliphatic carbocycles. The fourth-order valence-corrected chi connectivity index (χ4v) is 4.16. The van der Waals surface area contributed by atoms with Crippen LogP contribution in [0.3, 0.4) is 0 Å². The lowest BCUT2D eigenvalue weighted by atomic mass is 9.93. The fraction of sp³-hybridized carbons (Fsp3) is 0.500. The molecule has 1 aromatic carbocycles. The van der Waals surface area contributed by atoms with Crippen molar-refractivity contribution in [2.45, 2.75) is 44.1 Å². The Balaban J connectivity index is 1.62. The van der Waals surface area contributed by atoms with Gasteiger partial charge < -0.3 is 14.2 Å². The fourth-order valence-electron chi connectivity index (χ4n) is 4.16. The highest BCUT2D eigenvalue weighted by Gasteiger charge is 2.54. The van der Waals surface area contributed by atoms with Gasteiger partial charge in [-0.15, -0.1) is 0 Å². The second-order valence-electron chi connectivity index (χ2n) is 7.32. The second-order valence-corrected chi connectivity index (χ2v) is 7.32. The molecule has 2 aliphatic rings. The number of ether oxygens (including phenoxy) is 1. The van der Waals surface area contributed by atoms with Crippen molar-refractivity contribution in [1.29, 1.82) is 0 Å². The molecule has 0 bridgehead atoms. The molecule has 2 heterocycles.